The standard InChI is InChI=1S/C32H59ClN6O12/c1-28(29-26-39(38-37-29)10-15-48-20-23-49-21-19-47-14-9-36-32(42)43)31(41)35-8-13-46-18-22-50-24-25-51-27-30(40)34-7-12-45-17-16-44-11-5-3-2-4-6-33/h26,28,36H,2-25,27H2,1H3,(H,34,40)(H,35,41)(H,42,43). The smallest absolute Gasteiger partial charge is 0.404 e. The summed E-state index contributed by atoms with van der Waals surface area (Å²) in [6.07, 6.45) is 4.97. The predicted molar refractivity (Wildman–Crippen MR) is 186 cm³/mol. The van der Waals surface area contributed by atoms with Gasteiger partial charge < -0.3 is 59.0 Å². The summed E-state index contributed by atoms with van der Waals surface area (Å²) in [7, 11) is 0. The average molecular weight is 755 g/mol. The highest BCUT2D eigenvalue weighted by atomic mass is 35.5. The molecule has 1 rings (SSSR count). The molecule has 0 fully saturated rings. The number of aromatic nitrogens is 3. The summed E-state index contributed by atoms with van der Waals surface area (Å²) in [5.41, 5.74) is 0.551. The molecule has 18 nitrogen and oxygen atoms in total. The third-order valence-electron chi connectivity index (χ3n) is 6.76. The molecule has 0 saturated heterocycles. The molecule has 0 aromatic carbocycles. The van der Waals surface area contributed by atoms with Gasteiger partial charge in [-0.2, -0.15) is 0 Å². The minimum absolute atomic E-state index is 0.0521. The zero-order valence-electron chi connectivity index (χ0n) is 30.0. The van der Waals surface area contributed by atoms with E-state index in [1.165, 1.54) is 0 Å². The molecule has 0 aliphatic carbocycles. The fourth-order valence-corrected chi connectivity index (χ4v) is 4.17. The first-order valence-electron chi connectivity index (χ1n) is 17.5. The molecule has 0 aliphatic heterocycles. The van der Waals surface area contributed by atoms with Crippen molar-refractivity contribution in [2.75, 3.05) is 131 Å². The van der Waals surface area contributed by atoms with Crippen LogP contribution in [0.1, 0.15) is 44.2 Å². The molecule has 0 bridgehead atoms. The quantitative estimate of drug-likeness (QED) is 0.0547. The summed E-state index contributed by atoms with van der Waals surface area (Å²) in [6, 6.07) is 0. The summed E-state index contributed by atoms with van der Waals surface area (Å²) >= 11 is 5.65. The van der Waals surface area contributed by atoms with Crippen molar-refractivity contribution in [2.24, 2.45) is 0 Å². The van der Waals surface area contributed by atoms with Gasteiger partial charge in [0.25, 0.3) is 0 Å². The Morgan fingerprint density at radius 3 is 1.75 bits per heavy atom. The van der Waals surface area contributed by atoms with Crippen molar-refractivity contribution in [1.82, 2.24) is 30.9 Å². The van der Waals surface area contributed by atoms with Crippen LogP contribution < -0.4 is 16.0 Å². The SMILES string of the molecule is CC(C(=O)NCCOCCOCCOCC(=O)NCCOCCOCCCCCCCl)c1cn(CCOCCOCCOCCNC(=O)O)nn1. The number of hydrogen-bond donors (Lipinski definition) is 4. The van der Waals surface area contributed by atoms with E-state index in [1.807, 2.05) is 0 Å². The summed E-state index contributed by atoms with van der Waals surface area (Å²) in [5, 5.41) is 24.4. The monoisotopic (exact) mass is 754 g/mol. The number of alkyl halides is 1. The van der Waals surface area contributed by atoms with E-state index in [9.17, 15) is 14.4 Å². The molecule has 0 spiro atoms. The lowest BCUT2D eigenvalue weighted by Crippen LogP contribution is -2.31. The van der Waals surface area contributed by atoms with Crippen molar-refractivity contribution in [1.29, 1.82) is 0 Å². The van der Waals surface area contributed by atoms with Crippen LogP contribution in [0.15, 0.2) is 6.20 Å². The normalized spacial score (nSPS) is 11.8. The van der Waals surface area contributed by atoms with Gasteiger partial charge in [0.15, 0.2) is 0 Å². The molecule has 296 valence electrons. The molecular formula is C32H59ClN6O12. The highest BCUT2D eigenvalue weighted by Gasteiger charge is 2.18. The Hall–Kier alpha value is -2.68. The van der Waals surface area contributed by atoms with E-state index in [2.05, 4.69) is 26.3 Å². The third kappa shape index (κ3) is 29.6. The number of halogens is 1. The van der Waals surface area contributed by atoms with Gasteiger partial charge in [-0.3, -0.25) is 9.59 Å². The van der Waals surface area contributed by atoms with Crippen LogP contribution >= 0.6 is 11.6 Å². The summed E-state index contributed by atoms with van der Waals surface area (Å²) in [6.45, 7) is 9.22. The molecule has 0 saturated carbocycles. The molecule has 1 aromatic rings. The number of rotatable bonds is 37. The van der Waals surface area contributed by atoms with E-state index >= 15 is 0 Å². The van der Waals surface area contributed by atoms with E-state index in [4.69, 9.17) is 54.6 Å². The lowest BCUT2D eigenvalue weighted by Gasteiger charge is -2.10. The lowest BCUT2D eigenvalue weighted by molar-refractivity contribution is -0.126. The number of carbonyl (C=O) groups excluding carboxylic acids is 2. The fourth-order valence-electron chi connectivity index (χ4n) is 3.98. The highest BCUT2D eigenvalue weighted by molar-refractivity contribution is 6.17. The van der Waals surface area contributed by atoms with Crippen molar-refractivity contribution in [3.63, 3.8) is 0 Å². The largest absolute Gasteiger partial charge is 0.465 e. The Balaban J connectivity index is 1.89. The van der Waals surface area contributed by atoms with Crippen molar-refractivity contribution >= 4 is 29.5 Å². The molecule has 1 unspecified atom stereocenters. The number of amides is 3. The van der Waals surface area contributed by atoms with Gasteiger partial charge in [-0.15, -0.1) is 16.7 Å². The molecule has 1 atom stereocenters. The van der Waals surface area contributed by atoms with E-state index < -0.39 is 12.0 Å². The maximum absolute atomic E-state index is 12.5. The molecular weight excluding hydrogens is 696 g/mol. The molecule has 19 heteroatoms. The second-order valence-corrected chi connectivity index (χ2v) is 11.3. The van der Waals surface area contributed by atoms with Gasteiger partial charge in [0.2, 0.25) is 11.8 Å². The zero-order chi connectivity index (χ0) is 37.0. The van der Waals surface area contributed by atoms with Crippen LogP contribution in [0.2, 0.25) is 0 Å². The van der Waals surface area contributed by atoms with Gasteiger partial charge in [-0.05, 0) is 19.8 Å². The number of hydrogen-bond acceptors (Lipinski definition) is 13. The van der Waals surface area contributed by atoms with Crippen molar-refractivity contribution in [3.8, 4) is 0 Å². The van der Waals surface area contributed by atoms with Crippen LogP contribution in [0.3, 0.4) is 0 Å². The maximum Gasteiger partial charge on any atom is 0.404 e. The van der Waals surface area contributed by atoms with Crippen LogP contribution in [0.25, 0.3) is 0 Å². The van der Waals surface area contributed by atoms with Crippen LogP contribution in [0.4, 0.5) is 4.79 Å². The number of ether oxygens (including phenoxy) is 8. The number of nitrogens with zero attached hydrogens (tertiary/aromatic N) is 3. The van der Waals surface area contributed by atoms with E-state index in [1.54, 1.807) is 17.8 Å². The number of carbonyl (C=O) groups is 3. The first kappa shape index (κ1) is 46.3. The van der Waals surface area contributed by atoms with Gasteiger partial charge >= 0.3 is 6.09 Å². The topological polar surface area (TPSA) is 212 Å². The van der Waals surface area contributed by atoms with Crippen LogP contribution in [0, 0.1) is 0 Å². The minimum Gasteiger partial charge on any atom is -0.465 e. The van der Waals surface area contributed by atoms with E-state index in [0.717, 1.165) is 32.3 Å². The second-order valence-electron chi connectivity index (χ2n) is 10.9. The average Bonchev–Trinajstić information content (AvgIpc) is 3.59. The predicted octanol–water partition coefficient (Wildman–Crippen LogP) is 0.814. The number of nitrogens with one attached hydrogen (secondary N) is 3. The van der Waals surface area contributed by atoms with Crippen molar-refractivity contribution < 1.29 is 57.4 Å². The Bertz CT molecular complexity index is 996. The number of carboxylic acid groups (broad SMARTS) is 1. The lowest BCUT2D eigenvalue weighted by atomic mass is 10.1. The van der Waals surface area contributed by atoms with E-state index in [-0.39, 0.29) is 38.2 Å². The first-order chi connectivity index (χ1) is 24.9. The summed E-state index contributed by atoms with van der Waals surface area (Å²) in [5.74, 6) is -0.169. The molecule has 1 heterocycles. The van der Waals surface area contributed by atoms with Crippen molar-refractivity contribution in [2.45, 2.75) is 45.1 Å². The van der Waals surface area contributed by atoms with Gasteiger partial charge in [-0.1, -0.05) is 18.1 Å². The molecule has 3 amide bonds. The molecule has 0 aliphatic rings. The third-order valence-corrected chi connectivity index (χ3v) is 7.03. The second kappa shape index (κ2) is 34.4. The first-order valence-corrected chi connectivity index (χ1v) is 18.1. The van der Waals surface area contributed by atoms with Crippen molar-refractivity contribution in [3.05, 3.63) is 11.9 Å². The molecule has 4 N–H and O–H groups in total. The Morgan fingerprint density at radius 2 is 1.16 bits per heavy atom. The molecule has 1 aromatic heterocycles. The Morgan fingerprint density at radius 1 is 0.667 bits per heavy atom. The van der Waals surface area contributed by atoms with Gasteiger partial charge in [0, 0.05) is 38.3 Å². The summed E-state index contributed by atoms with van der Waals surface area (Å²) < 4.78 is 44.9. The van der Waals surface area contributed by atoms with E-state index in [0.29, 0.717) is 110 Å². The fraction of sp³-hybridized carbons (Fsp3) is 0.844. The highest BCUT2D eigenvalue weighted by Crippen LogP contribution is 2.11. The molecule has 51 heavy (non-hydrogen) atoms. The van der Waals surface area contributed by atoms with Gasteiger partial charge in [-0.25, -0.2) is 9.48 Å². The summed E-state index contributed by atoms with van der Waals surface area (Å²) in [4.78, 5) is 34.6. The van der Waals surface area contributed by atoms with Gasteiger partial charge in [0.05, 0.1) is 111 Å². The Kier molecular flexibility index (Phi) is 31.3. The van der Waals surface area contributed by atoms with Crippen LogP contribution in [-0.4, -0.2) is 169 Å². The zero-order valence-corrected chi connectivity index (χ0v) is 30.7. The van der Waals surface area contributed by atoms with Gasteiger partial charge in [0.1, 0.15) is 6.61 Å². The number of unbranched alkanes of at least 4 members (excludes halogenated alkanes) is 3. The minimum atomic E-state index is -1.08. The Labute approximate surface area is 305 Å². The maximum atomic E-state index is 12.5. The molecule has 0 radical (unpaired) electrons. The van der Waals surface area contributed by atoms with Crippen LogP contribution in [-0.2, 0) is 54.0 Å². The van der Waals surface area contributed by atoms with Crippen LogP contribution in [0.5, 0.6) is 0 Å².